The van der Waals surface area contributed by atoms with Crippen LogP contribution in [0.2, 0.25) is 0 Å². The van der Waals surface area contributed by atoms with Crippen LogP contribution < -0.4 is 20.3 Å². The highest BCUT2D eigenvalue weighted by molar-refractivity contribution is 5.83. The van der Waals surface area contributed by atoms with Gasteiger partial charge in [0.25, 0.3) is 11.8 Å². The molecule has 29 heavy (non-hydrogen) atoms. The normalized spacial score (nSPS) is 10.9. The van der Waals surface area contributed by atoms with Gasteiger partial charge in [-0.1, -0.05) is 45.0 Å². The zero-order valence-corrected chi connectivity index (χ0v) is 17.8. The Kier molecular flexibility index (Phi) is 7.65. The van der Waals surface area contributed by atoms with Gasteiger partial charge in [-0.25, -0.2) is 0 Å². The van der Waals surface area contributed by atoms with E-state index in [9.17, 15) is 9.59 Å². The van der Waals surface area contributed by atoms with E-state index >= 15 is 0 Å². The van der Waals surface area contributed by atoms with Gasteiger partial charge < -0.3 is 9.47 Å². The van der Waals surface area contributed by atoms with E-state index in [0.717, 1.165) is 17.5 Å². The highest BCUT2D eigenvalue weighted by Crippen LogP contribution is 2.28. The van der Waals surface area contributed by atoms with Gasteiger partial charge >= 0.3 is 0 Å². The molecule has 0 spiro atoms. The summed E-state index contributed by atoms with van der Waals surface area (Å²) < 4.78 is 11.0. The Morgan fingerprint density at radius 2 is 1.48 bits per heavy atom. The molecule has 0 aliphatic rings. The number of rotatable bonds is 8. The number of ether oxygens (including phenoxy) is 2. The minimum Gasteiger partial charge on any atom is -0.484 e. The third kappa shape index (κ3) is 6.52. The molecule has 6 heteroatoms. The van der Waals surface area contributed by atoms with Gasteiger partial charge in [0.1, 0.15) is 11.5 Å². The molecule has 0 radical (unpaired) electrons. The van der Waals surface area contributed by atoms with Crippen LogP contribution in [0.5, 0.6) is 11.5 Å². The van der Waals surface area contributed by atoms with E-state index in [2.05, 4.69) is 31.6 Å². The number of benzene rings is 2. The number of hydrazine groups is 1. The van der Waals surface area contributed by atoms with E-state index in [1.54, 1.807) is 6.07 Å². The average molecular weight is 399 g/mol. The molecule has 0 aliphatic carbocycles. The predicted molar refractivity (Wildman–Crippen MR) is 113 cm³/mol. The molecule has 0 heterocycles. The van der Waals surface area contributed by atoms with Crippen molar-refractivity contribution in [3.8, 4) is 11.5 Å². The summed E-state index contributed by atoms with van der Waals surface area (Å²) in [5, 5.41) is 0. The minimum absolute atomic E-state index is 0.0965. The summed E-state index contributed by atoms with van der Waals surface area (Å²) in [5.41, 5.74) is 8.01. The molecule has 0 bridgehead atoms. The largest absolute Gasteiger partial charge is 0.484 e. The molecular formula is C23H30N2O4. The van der Waals surface area contributed by atoms with Gasteiger partial charge in [-0.2, -0.15) is 0 Å². The van der Waals surface area contributed by atoms with E-state index in [1.807, 2.05) is 50.2 Å². The summed E-state index contributed by atoms with van der Waals surface area (Å²) in [6.07, 6.45) is 1.03. The van der Waals surface area contributed by atoms with Crippen LogP contribution in [-0.4, -0.2) is 25.0 Å². The third-order valence-corrected chi connectivity index (χ3v) is 5.14. The number of hydrogen-bond donors (Lipinski definition) is 2. The third-order valence-electron chi connectivity index (χ3n) is 5.14. The summed E-state index contributed by atoms with van der Waals surface area (Å²) in [7, 11) is 0. The van der Waals surface area contributed by atoms with E-state index in [0.29, 0.717) is 11.5 Å². The molecule has 2 aromatic carbocycles. The van der Waals surface area contributed by atoms with Crippen molar-refractivity contribution in [1.82, 2.24) is 10.9 Å². The molecule has 0 fully saturated rings. The molecule has 156 valence electrons. The Balaban J connectivity index is 1.72. The maximum absolute atomic E-state index is 11.9. The lowest BCUT2D eigenvalue weighted by Gasteiger charge is -2.23. The fourth-order valence-corrected chi connectivity index (χ4v) is 2.59. The summed E-state index contributed by atoms with van der Waals surface area (Å²) in [5.74, 6) is 0.332. The standard InChI is InChI=1S/C23H30N2O4/c1-6-23(4,5)18-10-12-19(13-11-18)28-14-21(26)24-25-22(27)15-29-20-9-7-8-16(2)17(20)3/h7-13H,6,14-15H2,1-5H3,(H,24,26)(H,25,27). The lowest BCUT2D eigenvalue weighted by Crippen LogP contribution is -2.45. The van der Waals surface area contributed by atoms with Gasteiger partial charge in [-0.05, 0) is 60.6 Å². The van der Waals surface area contributed by atoms with Crippen molar-refractivity contribution in [2.75, 3.05) is 13.2 Å². The summed E-state index contributed by atoms with van der Waals surface area (Å²) in [4.78, 5) is 23.7. The van der Waals surface area contributed by atoms with E-state index in [1.165, 1.54) is 5.56 Å². The van der Waals surface area contributed by atoms with Crippen LogP contribution in [-0.2, 0) is 15.0 Å². The monoisotopic (exact) mass is 398 g/mol. The molecule has 0 unspecified atom stereocenters. The number of carbonyl (C=O) groups is 2. The summed E-state index contributed by atoms with van der Waals surface area (Å²) in [6.45, 7) is 10.0. The van der Waals surface area contributed by atoms with Crippen LogP contribution in [0.25, 0.3) is 0 Å². The van der Waals surface area contributed by atoms with Crippen molar-refractivity contribution in [3.63, 3.8) is 0 Å². The quantitative estimate of drug-likeness (QED) is 0.666. The maximum Gasteiger partial charge on any atom is 0.276 e. The highest BCUT2D eigenvalue weighted by Gasteiger charge is 2.17. The van der Waals surface area contributed by atoms with Crippen LogP contribution in [0.4, 0.5) is 0 Å². The summed E-state index contributed by atoms with van der Waals surface area (Å²) >= 11 is 0. The molecule has 0 saturated heterocycles. The van der Waals surface area contributed by atoms with Crippen LogP contribution >= 0.6 is 0 Å². The molecule has 2 aromatic rings. The van der Waals surface area contributed by atoms with E-state index in [4.69, 9.17) is 9.47 Å². The van der Waals surface area contributed by atoms with E-state index in [-0.39, 0.29) is 18.6 Å². The van der Waals surface area contributed by atoms with Gasteiger partial charge in [-0.15, -0.1) is 0 Å². The number of nitrogens with one attached hydrogen (secondary N) is 2. The number of carbonyl (C=O) groups excluding carboxylic acids is 2. The molecule has 2 N–H and O–H groups in total. The lowest BCUT2D eigenvalue weighted by atomic mass is 9.82. The molecule has 0 atom stereocenters. The lowest BCUT2D eigenvalue weighted by molar-refractivity contribution is -0.131. The molecule has 0 saturated carbocycles. The molecular weight excluding hydrogens is 368 g/mol. The predicted octanol–water partition coefficient (Wildman–Crippen LogP) is 3.60. The van der Waals surface area contributed by atoms with Crippen LogP contribution in [0.3, 0.4) is 0 Å². The second kappa shape index (κ2) is 9.96. The Labute approximate surface area is 172 Å². The van der Waals surface area contributed by atoms with Crippen molar-refractivity contribution >= 4 is 11.8 Å². The Bertz CT molecular complexity index is 844. The van der Waals surface area contributed by atoms with Crippen molar-refractivity contribution in [2.45, 2.75) is 46.5 Å². The van der Waals surface area contributed by atoms with Crippen LogP contribution in [0.1, 0.15) is 43.9 Å². The number of hydrogen-bond acceptors (Lipinski definition) is 4. The first-order valence-electron chi connectivity index (χ1n) is 9.73. The average Bonchev–Trinajstić information content (AvgIpc) is 2.72. The second-order valence-corrected chi connectivity index (χ2v) is 7.63. The maximum atomic E-state index is 11.9. The Hall–Kier alpha value is -3.02. The molecule has 6 nitrogen and oxygen atoms in total. The van der Waals surface area contributed by atoms with E-state index < -0.39 is 11.8 Å². The van der Waals surface area contributed by atoms with Gasteiger partial charge in [-0.3, -0.25) is 20.4 Å². The zero-order chi connectivity index (χ0) is 21.4. The topological polar surface area (TPSA) is 76.7 Å². The zero-order valence-electron chi connectivity index (χ0n) is 17.8. The first kappa shape index (κ1) is 22.3. The van der Waals surface area contributed by atoms with Crippen LogP contribution in [0, 0.1) is 13.8 Å². The van der Waals surface area contributed by atoms with Gasteiger partial charge in [0.2, 0.25) is 0 Å². The van der Waals surface area contributed by atoms with Crippen molar-refractivity contribution in [3.05, 3.63) is 59.2 Å². The SMILES string of the molecule is CCC(C)(C)c1ccc(OCC(=O)NNC(=O)COc2cccc(C)c2C)cc1. The van der Waals surface area contributed by atoms with Crippen LogP contribution in [0.15, 0.2) is 42.5 Å². The number of aryl methyl sites for hydroxylation is 1. The van der Waals surface area contributed by atoms with Gasteiger partial charge in [0.05, 0.1) is 0 Å². The van der Waals surface area contributed by atoms with Crippen molar-refractivity contribution < 1.29 is 19.1 Å². The molecule has 2 amide bonds. The smallest absolute Gasteiger partial charge is 0.276 e. The molecule has 0 aromatic heterocycles. The number of amides is 2. The van der Waals surface area contributed by atoms with Gasteiger partial charge in [0, 0.05) is 0 Å². The summed E-state index contributed by atoms with van der Waals surface area (Å²) in [6, 6.07) is 13.3. The molecule has 2 rings (SSSR count). The fraction of sp³-hybridized carbons (Fsp3) is 0.391. The Morgan fingerprint density at radius 1 is 0.897 bits per heavy atom. The van der Waals surface area contributed by atoms with Gasteiger partial charge in [0.15, 0.2) is 13.2 Å². The minimum atomic E-state index is -0.456. The Morgan fingerprint density at radius 3 is 2.07 bits per heavy atom. The van der Waals surface area contributed by atoms with Crippen molar-refractivity contribution in [2.24, 2.45) is 0 Å². The molecule has 0 aliphatic heterocycles. The fourth-order valence-electron chi connectivity index (χ4n) is 2.59. The highest BCUT2D eigenvalue weighted by atomic mass is 16.5. The second-order valence-electron chi connectivity index (χ2n) is 7.63. The first-order valence-corrected chi connectivity index (χ1v) is 9.73. The first-order chi connectivity index (χ1) is 13.7. The van der Waals surface area contributed by atoms with Crippen molar-refractivity contribution in [1.29, 1.82) is 0 Å².